The second kappa shape index (κ2) is 5.61. The Morgan fingerprint density at radius 2 is 2.00 bits per heavy atom. The van der Waals surface area contributed by atoms with Gasteiger partial charge in [-0.25, -0.2) is 0 Å². The highest BCUT2D eigenvalue weighted by Crippen LogP contribution is 2.22. The molecule has 13 heavy (non-hydrogen) atoms. The first kappa shape index (κ1) is 11.0. The summed E-state index contributed by atoms with van der Waals surface area (Å²) in [4.78, 5) is 2.53. The highest BCUT2D eigenvalue weighted by Gasteiger charge is 2.20. The molecule has 1 unspecified atom stereocenters. The maximum absolute atomic E-state index is 3.46. The molecule has 1 N–H and O–H groups in total. The quantitative estimate of drug-likeness (QED) is 0.701. The third-order valence-electron chi connectivity index (χ3n) is 3.06. The van der Waals surface area contributed by atoms with Crippen LogP contribution in [0, 0.1) is 0 Å². The van der Waals surface area contributed by atoms with Crippen LogP contribution in [0.15, 0.2) is 0 Å². The molecule has 0 amide bonds. The molecule has 1 atom stereocenters. The molecule has 2 nitrogen and oxygen atoms in total. The van der Waals surface area contributed by atoms with Crippen molar-refractivity contribution < 1.29 is 0 Å². The predicted octanol–water partition coefficient (Wildman–Crippen LogP) is 1.86. The van der Waals surface area contributed by atoms with Gasteiger partial charge in [0.05, 0.1) is 0 Å². The first-order valence-electron chi connectivity index (χ1n) is 5.67. The molecule has 1 aliphatic rings. The molecule has 1 aliphatic carbocycles. The van der Waals surface area contributed by atoms with E-state index in [0.29, 0.717) is 6.04 Å². The molecule has 0 saturated heterocycles. The minimum Gasteiger partial charge on any atom is -0.313 e. The van der Waals surface area contributed by atoms with E-state index in [9.17, 15) is 0 Å². The average Bonchev–Trinajstić information content (AvgIpc) is 2.55. The molecule has 0 bridgehead atoms. The minimum atomic E-state index is 0.635. The summed E-state index contributed by atoms with van der Waals surface area (Å²) in [5.41, 5.74) is 0. The van der Waals surface area contributed by atoms with Crippen LogP contribution in [0.3, 0.4) is 0 Å². The second-order valence-corrected chi connectivity index (χ2v) is 4.34. The van der Waals surface area contributed by atoms with Crippen LogP contribution >= 0.6 is 0 Å². The van der Waals surface area contributed by atoms with Crippen LogP contribution in [-0.2, 0) is 0 Å². The van der Waals surface area contributed by atoms with Gasteiger partial charge < -0.3 is 10.2 Å². The molecular weight excluding hydrogens is 160 g/mol. The number of hydrogen-bond donors (Lipinski definition) is 1. The van der Waals surface area contributed by atoms with Crippen LogP contribution in [0.2, 0.25) is 0 Å². The third kappa shape index (κ3) is 3.65. The van der Waals surface area contributed by atoms with Crippen molar-refractivity contribution in [2.24, 2.45) is 0 Å². The van der Waals surface area contributed by atoms with Crippen LogP contribution in [0.1, 0.15) is 39.5 Å². The zero-order valence-electron chi connectivity index (χ0n) is 9.34. The molecular formula is C11H24N2. The van der Waals surface area contributed by atoms with E-state index >= 15 is 0 Å². The van der Waals surface area contributed by atoms with E-state index < -0.39 is 0 Å². The van der Waals surface area contributed by atoms with Crippen LogP contribution in [-0.4, -0.2) is 37.1 Å². The SMILES string of the molecule is CCNC(C)CN(C)C1CCCC1. The Kier molecular flexibility index (Phi) is 4.74. The summed E-state index contributed by atoms with van der Waals surface area (Å²) in [5.74, 6) is 0. The average molecular weight is 184 g/mol. The fourth-order valence-electron chi connectivity index (χ4n) is 2.34. The van der Waals surface area contributed by atoms with Crippen molar-refractivity contribution in [1.29, 1.82) is 0 Å². The van der Waals surface area contributed by atoms with Crippen molar-refractivity contribution in [3.05, 3.63) is 0 Å². The van der Waals surface area contributed by atoms with E-state index in [-0.39, 0.29) is 0 Å². The van der Waals surface area contributed by atoms with E-state index in [1.165, 1.54) is 32.2 Å². The topological polar surface area (TPSA) is 15.3 Å². The zero-order chi connectivity index (χ0) is 9.68. The number of likely N-dealkylation sites (N-methyl/N-ethyl adjacent to an activating group) is 2. The second-order valence-electron chi connectivity index (χ2n) is 4.34. The summed E-state index contributed by atoms with van der Waals surface area (Å²) in [6.07, 6.45) is 5.69. The number of hydrogen-bond acceptors (Lipinski definition) is 2. The van der Waals surface area contributed by atoms with Crippen LogP contribution < -0.4 is 5.32 Å². The van der Waals surface area contributed by atoms with Crippen molar-refractivity contribution in [1.82, 2.24) is 10.2 Å². The van der Waals surface area contributed by atoms with Crippen LogP contribution in [0.4, 0.5) is 0 Å². The Balaban J connectivity index is 2.18. The lowest BCUT2D eigenvalue weighted by atomic mass is 10.2. The van der Waals surface area contributed by atoms with Crippen molar-refractivity contribution >= 4 is 0 Å². The Morgan fingerprint density at radius 3 is 2.54 bits per heavy atom. The highest BCUT2D eigenvalue weighted by atomic mass is 15.2. The highest BCUT2D eigenvalue weighted by molar-refractivity contribution is 4.77. The van der Waals surface area contributed by atoms with Gasteiger partial charge in [-0.15, -0.1) is 0 Å². The molecule has 78 valence electrons. The molecule has 2 heteroatoms. The molecule has 0 aromatic heterocycles. The van der Waals surface area contributed by atoms with E-state index in [2.05, 4.69) is 31.1 Å². The summed E-state index contributed by atoms with van der Waals surface area (Å²) >= 11 is 0. The molecule has 1 saturated carbocycles. The van der Waals surface area contributed by atoms with Gasteiger partial charge in [-0.3, -0.25) is 0 Å². The molecule has 0 aromatic rings. The molecule has 0 heterocycles. The third-order valence-corrected chi connectivity index (χ3v) is 3.06. The molecule has 0 radical (unpaired) electrons. The van der Waals surface area contributed by atoms with Crippen molar-refractivity contribution in [3.63, 3.8) is 0 Å². The Labute approximate surface area is 82.7 Å². The Morgan fingerprint density at radius 1 is 1.38 bits per heavy atom. The zero-order valence-corrected chi connectivity index (χ0v) is 9.34. The van der Waals surface area contributed by atoms with E-state index in [4.69, 9.17) is 0 Å². The fraction of sp³-hybridized carbons (Fsp3) is 1.00. The molecule has 0 aliphatic heterocycles. The lowest BCUT2D eigenvalue weighted by Crippen LogP contribution is -2.41. The summed E-state index contributed by atoms with van der Waals surface area (Å²) < 4.78 is 0. The van der Waals surface area contributed by atoms with Gasteiger partial charge in [0.25, 0.3) is 0 Å². The van der Waals surface area contributed by atoms with Gasteiger partial charge in [0.1, 0.15) is 0 Å². The normalized spacial score (nSPS) is 21.2. The summed E-state index contributed by atoms with van der Waals surface area (Å²) in [6, 6.07) is 1.50. The molecule has 0 aromatic carbocycles. The Hall–Kier alpha value is -0.0800. The van der Waals surface area contributed by atoms with Gasteiger partial charge in [-0.1, -0.05) is 19.8 Å². The maximum atomic E-state index is 3.46. The van der Waals surface area contributed by atoms with Crippen molar-refractivity contribution in [2.45, 2.75) is 51.6 Å². The standard InChI is InChI=1S/C11H24N2/c1-4-12-10(2)9-13(3)11-7-5-6-8-11/h10-12H,4-9H2,1-3H3. The number of nitrogens with one attached hydrogen (secondary N) is 1. The molecule has 0 spiro atoms. The number of rotatable bonds is 5. The van der Waals surface area contributed by atoms with Crippen molar-refractivity contribution in [2.75, 3.05) is 20.1 Å². The maximum Gasteiger partial charge on any atom is 0.0166 e. The van der Waals surface area contributed by atoms with Gasteiger partial charge in [0.15, 0.2) is 0 Å². The van der Waals surface area contributed by atoms with E-state index in [0.717, 1.165) is 12.6 Å². The van der Waals surface area contributed by atoms with Gasteiger partial charge >= 0.3 is 0 Å². The minimum absolute atomic E-state index is 0.635. The first-order valence-corrected chi connectivity index (χ1v) is 5.67. The summed E-state index contributed by atoms with van der Waals surface area (Å²) in [7, 11) is 2.27. The lowest BCUT2D eigenvalue weighted by Gasteiger charge is -2.27. The number of nitrogens with zero attached hydrogens (tertiary/aromatic N) is 1. The predicted molar refractivity (Wildman–Crippen MR) is 58.0 cm³/mol. The summed E-state index contributed by atoms with van der Waals surface area (Å²) in [5, 5.41) is 3.46. The largest absolute Gasteiger partial charge is 0.313 e. The van der Waals surface area contributed by atoms with E-state index in [1.54, 1.807) is 0 Å². The smallest absolute Gasteiger partial charge is 0.0166 e. The van der Waals surface area contributed by atoms with Crippen LogP contribution in [0.25, 0.3) is 0 Å². The van der Waals surface area contributed by atoms with Gasteiger partial charge in [0.2, 0.25) is 0 Å². The fourth-order valence-corrected chi connectivity index (χ4v) is 2.34. The van der Waals surface area contributed by atoms with Crippen molar-refractivity contribution in [3.8, 4) is 0 Å². The van der Waals surface area contributed by atoms with Gasteiger partial charge in [-0.05, 0) is 33.4 Å². The molecule has 1 rings (SSSR count). The first-order chi connectivity index (χ1) is 6.24. The monoisotopic (exact) mass is 184 g/mol. The van der Waals surface area contributed by atoms with Crippen LogP contribution in [0.5, 0.6) is 0 Å². The summed E-state index contributed by atoms with van der Waals surface area (Å²) in [6.45, 7) is 6.72. The Bertz CT molecular complexity index is 130. The van der Waals surface area contributed by atoms with Gasteiger partial charge in [-0.2, -0.15) is 0 Å². The molecule has 1 fully saturated rings. The van der Waals surface area contributed by atoms with E-state index in [1.807, 2.05) is 0 Å². The van der Waals surface area contributed by atoms with Gasteiger partial charge in [0, 0.05) is 18.6 Å². The lowest BCUT2D eigenvalue weighted by molar-refractivity contribution is 0.224.